The topological polar surface area (TPSA) is 94.1 Å². The number of phosphoric acid groups is 1. The van der Waals surface area contributed by atoms with Crippen molar-refractivity contribution >= 4 is 13.8 Å². The van der Waals surface area contributed by atoms with E-state index < -0.39 is 13.9 Å². The first-order chi connectivity index (χ1) is 33.1. The summed E-state index contributed by atoms with van der Waals surface area (Å²) in [6, 6.07) is 0. The molecule has 0 N–H and O–H groups in total. The van der Waals surface area contributed by atoms with E-state index in [1.807, 2.05) is 21.1 Å². The molecular formula is C59H120NO7P. The first kappa shape index (κ1) is 67.5. The van der Waals surface area contributed by atoms with Crippen LogP contribution in [0.5, 0.6) is 0 Å². The van der Waals surface area contributed by atoms with Crippen molar-refractivity contribution in [1.82, 2.24) is 0 Å². The van der Waals surface area contributed by atoms with Gasteiger partial charge in [-0.3, -0.25) is 9.36 Å². The standard InChI is InChI=1S/C59H120NO7P/c1-6-8-10-12-14-16-18-20-22-24-26-28-30-31-32-34-36-38-40-42-44-46-48-50-52-59(61)67-58(57-66-68(62,63)65-55-53-60(3,4)5)56-64-54-51-49-47-45-43-41-39-37-35-33-29-27-25-23-21-19-17-15-13-11-9-7-2/h58H,6-57H2,1-5H3. The Labute approximate surface area is 425 Å². The Morgan fingerprint density at radius 1 is 0.397 bits per heavy atom. The van der Waals surface area contributed by atoms with E-state index in [1.165, 1.54) is 263 Å². The average Bonchev–Trinajstić information content (AvgIpc) is 3.30. The van der Waals surface area contributed by atoms with Crippen molar-refractivity contribution in [1.29, 1.82) is 0 Å². The number of carbonyl (C=O) groups excluding carboxylic acids is 1. The number of esters is 1. The van der Waals surface area contributed by atoms with E-state index in [2.05, 4.69) is 13.8 Å². The maximum Gasteiger partial charge on any atom is 0.306 e. The third-order valence-corrected chi connectivity index (χ3v) is 14.9. The van der Waals surface area contributed by atoms with Crippen LogP contribution in [0.3, 0.4) is 0 Å². The Morgan fingerprint density at radius 2 is 0.676 bits per heavy atom. The molecule has 0 aliphatic heterocycles. The van der Waals surface area contributed by atoms with E-state index >= 15 is 0 Å². The van der Waals surface area contributed by atoms with Crippen molar-refractivity contribution in [2.24, 2.45) is 0 Å². The Kier molecular flexibility index (Phi) is 52.4. The summed E-state index contributed by atoms with van der Waals surface area (Å²) in [6.07, 6.45) is 61.5. The summed E-state index contributed by atoms with van der Waals surface area (Å²) in [6.45, 7) is 5.52. The molecule has 2 atom stereocenters. The summed E-state index contributed by atoms with van der Waals surface area (Å²) in [5.74, 6) is -0.322. The van der Waals surface area contributed by atoms with Crippen LogP contribution in [0.25, 0.3) is 0 Å². The lowest BCUT2D eigenvalue weighted by molar-refractivity contribution is -0.870. The first-order valence-electron chi connectivity index (χ1n) is 30.3. The van der Waals surface area contributed by atoms with Gasteiger partial charge in [0, 0.05) is 13.0 Å². The summed E-state index contributed by atoms with van der Waals surface area (Å²) < 4.78 is 34.9. The molecule has 9 heteroatoms. The molecule has 0 bridgehead atoms. The summed E-state index contributed by atoms with van der Waals surface area (Å²) in [5, 5.41) is 0. The maximum atomic E-state index is 12.8. The Hall–Kier alpha value is -0.500. The molecule has 2 unspecified atom stereocenters. The predicted octanol–water partition coefficient (Wildman–Crippen LogP) is 18.5. The molecule has 0 saturated carbocycles. The van der Waals surface area contributed by atoms with Crippen LogP contribution in [0, 0.1) is 0 Å². The van der Waals surface area contributed by atoms with Gasteiger partial charge in [-0.1, -0.05) is 296 Å². The number of phosphoric ester groups is 1. The van der Waals surface area contributed by atoms with Gasteiger partial charge in [-0.05, 0) is 12.8 Å². The predicted molar refractivity (Wildman–Crippen MR) is 291 cm³/mol. The molecule has 0 aliphatic rings. The van der Waals surface area contributed by atoms with Gasteiger partial charge in [0.15, 0.2) is 0 Å². The van der Waals surface area contributed by atoms with Crippen LogP contribution < -0.4 is 4.89 Å². The SMILES string of the molecule is CCCCCCCCCCCCCCCCCCCCCCCCCCC(=O)OC(COCCCCCCCCCCCCCCCCCCCCCCCC)COP(=O)([O-])OCC[N+](C)(C)C. The van der Waals surface area contributed by atoms with E-state index in [0.29, 0.717) is 24.1 Å². The fourth-order valence-electron chi connectivity index (χ4n) is 9.26. The highest BCUT2D eigenvalue weighted by molar-refractivity contribution is 7.45. The van der Waals surface area contributed by atoms with Crippen LogP contribution >= 0.6 is 7.82 Å². The quantitative estimate of drug-likeness (QED) is 0.0259. The number of quaternary nitrogens is 1. The molecule has 68 heavy (non-hydrogen) atoms. The van der Waals surface area contributed by atoms with Gasteiger partial charge in [-0.25, -0.2) is 0 Å². The van der Waals surface area contributed by atoms with Gasteiger partial charge in [0.1, 0.15) is 19.3 Å². The highest BCUT2D eigenvalue weighted by Gasteiger charge is 2.20. The molecule has 0 saturated heterocycles. The highest BCUT2D eigenvalue weighted by Crippen LogP contribution is 2.38. The second kappa shape index (κ2) is 52.8. The summed E-state index contributed by atoms with van der Waals surface area (Å²) >= 11 is 0. The highest BCUT2D eigenvalue weighted by atomic mass is 31.2. The van der Waals surface area contributed by atoms with Crippen molar-refractivity contribution in [2.75, 3.05) is 54.1 Å². The van der Waals surface area contributed by atoms with Crippen molar-refractivity contribution in [3.05, 3.63) is 0 Å². The zero-order valence-corrected chi connectivity index (χ0v) is 47.5. The Bertz CT molecular complexity index is 1050. The molecule has 0 radical (unpaired) electrons. The molecule has 0 spiro atoms. The lowest BCUT2D eigenvalue weighted by atomic mass is 10.0. The number of hydrogen-bond acceptors (Lipinski definition) is 7. The Balaban J connectivity index is 3.98. The fraction of sp³-hybridized carbons (Fsp3) is 0.983. The second-order valence-corrected chi connectivity index (χ2v) is 23.5. The molecule has 8 nitrogen and oxygen atoms in total. The van der Waals surface area contributed by atoms with E-state index in [4.69, 9.17) is 18.5 Å². The fourth-order valence-corrected chi connectivity index (χ4v) is 9.99. The van der Waals surface area contributed by atoms with Gasteiger partial charge in [0.25, 0.3) is 7.82 Å². The smallest absolute Gasteiger partial charge is 0.306 e. The molecule has 0 fully saturated rings. The van der Waals surface area contributed by atoms with E-state index in [-0.39, 0.29) is 25.8 Å². The molecular weight excluding hydrogens is 866 g/mol. The third-order valence-electron chi connectivity index (χ3n) is 13.9. The number of likely N-dealkylation sites (N-methyl/N-ethyl adjacent to an activating group) is 1. The number of ether oxygens (including phenoxy) is 2. The maximum absolute atomic E-state index is 12.8. The number of rotatable bonds is 58. The molecule has 0 rings (SSSR count). The van der Waals surface area contributed by atoms with Gasteiger partial charge in [0.2, 0.25) is 0 Å². The molecule has 0 amide bonds. The molecule has 0 aromatic carbocycles. The second-order valence-electron chi connectivity index (χ2n) is 22.1. The molecule has 0 aliphatic carbocycles. The van der Waals surface area contributed by atoms with Gasteiger partial charge >= 0.3 is 5.97 Å². The van der Waals surface area contributed by atoms with Gasteiger partial charge < -0.3 is 27.9 Å². The van der Waals surface area contributed by atoms with Crippen molar-refractivity contribution in [3.8, 4) is 0 Å². The minimum atomic E-state index is -4.53. The van der Waals surface area contributed by atoms with Crippen LogP contribution in [0.4, 0.5) is 0 Å². The van der Waals surface area contributed by atoms with E-state index in [9.17, 15) is 14.3 Å². The van der Waals surface area contributed by atoms with Crippen LogP contribution in [0.15, 0.2) is 0 Å². The van der Waals surface area contributed by atoms with E-state index in [0.717, 1.165) is 32.1 Å². The zero-order valence-electron chi connectivity index (χ0n) is 46.6. The molecule has 0 heterocycles. The normalized spacial score (nSPS) is 13.3. The minimum Gasteiger partial charge on any atom is -0.756 e. The third kappa shape index (κ3) is 56.4. The summed E-state index contributed by atoms with van der Waals surface area (Å²) in [5.41, 5.74) is 0. The molecule has 408 valence electrons. The van der Waals surface area contributed by atoms with Crippen molar-refractivity contribution in [2.45, 2.75) is 322 Å². The number of unbranched alkanes of at least 4 members (excludes halogenated alkanes) is 44. The number of nitrogens with zero attached hydrogens (tertiary/aromatic N) is 1. The number of hydrogen-bond donors (Lipinski definition) is 0. The van der Waals surface area contributed by atoms with Crippen LogP contribution in [-0.2, 0) is 27.9 Å². The van der Waals surface area contributed by atoms with Crippen LogP contribution in [-0.4, -0.2) is 70.7 Å². The van der Waals surface area contributed by atoms with Gasteiger partial charge in [-0.2, -0.15) is 0 Å². The van der Waals surface area contributed by atoms with Crippen LogP contribution in [0.2, 0.25) is 0 Å². The Morgan fingerprint density at radius 3 is 0.971 bits per heavy atom. The zero-order chi connectivity index (χ0) is 49.8. The van der Waals surface area contributed by atoms with Crippen molar-refractivity contribution in [3.63, 3.8) is 0 Å². The van der Waals surface area contributed by atoms with Gasteiger partial charge in [0.05, 0.1) is 34.4 Å². The summed E-state index contributed by atoms with van der Waals surface area (Å²) in [7, 11) is 1.38. The molecule has 0 aromatic heterocycles. The average molecular weight is 987 g/mol. The molecule has 0 aromatic rings. The largest absolute Gasteiger partial charge is 0.756 e. The lowest BCUT2D eigenvalue weighted by Gasteiger charge is -2.28. The van der Waals surface area contributed by atoms with E-state index in [1.54, 1.807) is 0 Å². The number of carbonyl (C=O) groups is 1. The van der Waals surface area contributed by atoms with Crippen LogP contribution in [0.1, 0.15) is 316 Å². The first-order valence-corrected chi connectivity index (χ1v) is 31.7. The monoisotopic (exact) mass is 986 g/mol. The van der Waals surface area contributed by atoms with Gasteiger partial charge in [-0.15, -0.1) is 0 Å². The lowest BCUT2D eigenvalue weighted by Crippen LogP contribution is -2.37. The summed E-state index contributed by atoms with van der Waals surface area (Å²) in [4.78, 5) is 25.3. The minimum absolute atomic E-state index is 0.0320. The van der Waals surface area contributed by atoms with Crippen molar-refractivity contribution < 1.29 is 37.3 Å².